The van der Waals surface area contributed by atoms with Crippen molar-refractivity contribution >= 4 is 40.6 Å². The summed E-state index contributed by atoms with van der Waals surface area (Å²) in [5, 5.41) is 9.64. The Hall–Kier alpha value is -2.86. The van der Waals surface area contributed by atoms with Gasteiger partial charge in [-0.15, -0.1) is 0 Å². The number of hydrogen-bond acceptors (Lipinski definition) is 4. The van der Waals surface area contributed by atoms with Crippen LogP contribution in [0.15, 0.2) is 64.5 Å². The van der Waals surface area contributed by atoms with Gasteiger partial charge in [0.15, 0.2) is 5.17 Å². The van der Waals surface area contributed by atoms with Crippen molar-refractivity contribution in [1.29, 1.82) is 0 Å². The van der Waals surface area contributed by atoms with E-state index in [1.807, 2.05) is 37.3 Å². The second-order valence-electron chi connectivity index (χ2n) is 5.72. The fourth-order valence-electron chi connectivity index (χ4n) is 2.50. The van der Waals surface area contributed by atoms with Gasteiger partial charge < -0.3 is 5.11 Å². The molecule has 1 N–H and O–H groups in total. The third-order valence-electron chi connectivity index (χ3n) is 3.77. The van der Waals surface area contributed by atoms with Crippen molar-refractivity contribution in [2.24, 2.45) is 4.99 Å². The molecule has 0 radical (unpaired) electrons. The fourth-order valence-corrected chi connectivity index (χ4v) is 3.52. The summed E-state index contributed by atoms with van der Waals surface area (Å²) in [5.41, 5.74) is 1.80. The van der Waals surface area contributed by atoms with E-state index in [0.29, 0.717) is 16.6 Å². The predicted octanol–water partition coefficient (Wildman–Crippen LogP) is 4.40. The predicted molar refractivity (Wildman–Crippen MR) is 105 cm³/mol. The first-order chi connectivity index (χ1) is 12.6. The van der Waals surface area contributed by atoms with E-state index >= 15 is 0 Å². The van der Waals surface area contributed by atoms with Crippen LogP contribution in [0.4, 0.5) is 5.69 Å². The highest BCUT2D eigenvalue weighted by Crippen LogP contribution is 2.34. The Balaban J connectivity index is 1.90. The number of hydrogen-bond donors (Lipinski definition) is 1. The van der Waals surface area contributed by atoms with E-state index < -0.39 is 5.97 Å². The molecule has 0 aromatic heterocycles. The molecule has 1 aliphatic heterocycles. The summed E-state index contributed by atoms with van der Waals surface area (Å²) >= 11 is 1.34. The average molecular weight is 366 g/mol. The molecule has 0 aliphatic carbocycles. The van der Waals surface area contributed by atoms with Crippen LogP contribution in [0, 0.1) is 0 Å². The normalized spacial score (nSPS) is 17.3. The first-order valence-electron chi connectivity index (χ1n) is 8.27. The number of aliphatic imine (C=N–C) groups is 1. The summed E-state index contributed by atoms with van der Waals surface area (Å²) in [7, 11) is 0. The van der Waals surface area contributed by atoms with Crippen molar-refractivity contribution in [3.63, 3.8) is 0 Å². The highest BCUT2D eigenvalue weighted by atomic mass is 32.2. The highest BCUT2D eigenvalue weighted by molar-refractivity contribution is 8.18. The molecule has 1 amide bonds. The lowest BCUT2D eigenvalue weighted by Crippen LogP contribution is -2.29. The van der Waals surface area contributed by atoms with E-state index in [1.54, 1.807) is 23.1 Å². The summed E-state index contributed by atoms with van der Waals surface area (Å²) in [5.74, 6) is -1.05. The smallest absolute Gasteiger partial charge is 0.335 e. The third-order valence-corrected chi connectivity index (χ3v) is 4.78. The summed E-state index contributed by atoms with van der Waals surface area (Å²) in [4.78, 5) is 30.6. The highest BCUT2D eigenvalue weighted by Gasteiger charge is 2.32. The van der Waals surface area contributed by atoms with Gasteiger partial charge in [0.25, 0.3) is 5.91 Å². The Morgan fingerprint density at radius 3 is 2.46 bits per heavy atom. The van der Waals surface area contributed by atoms with Crippen LogP contribution >= 0.6 is 11.8 Å². The molecule has 0 unspecified atom stereocenters. The van der Waals surface area contributed by atoms with Crippen LogP contribution in [0.1, 0.15) is 29.3 Å². The zero-order valence-electron chi connectivity index (χ0n) is 14.3. The van der Waals surface area contributed by atoms with Crippen LogP contribution < -0.4 is 0 Å². The number of carbonyl (C=O) groups is 2. The molecule has 1 aliphatic rings. The number of carboxylic acids is 1. The molecule has 0 bridgehead atoms. The summed E-state index contributed by atoms with van der Waals surface area (Å²) in [6.07, 6.45) is 2.61. The minimum atomic E-state index is -0.970. The van der Waals surface area contributed by atoms with Crippen molar-refractivity contribution < 1.29 is 14.7 Å². The summed E-state index contributed by atoms with van der Waals surface area (Å²) in [6.45, 7) is 2.62. The standard InChI is InChI=1S/C20H18N2O3S/c1-2-12-22-18(23)17(13-14-8-10-15(11-9-14)19(24)25)26-20(22)21-16-6-4-3-5-7-16/h3-11,13H,2,12H2,1H3,(H,24,25)/b17-13-,21-20?. The molecule has 3 rings (SSSR count). The van der Waals surface area contributed by atoms with Gasteiger partial charge in [0.2, 0.25) is 0 Å². The van der Waals surface area contributed by atoms with E-state index in [9.17, 15) is 9.59 Å². The van der Waals surface area contributed by atoms with Crippen molar-refractivity contribution in [2.45, 2.75) is 13.3 Å². The van der Waals surface area contributed by atoms with Crippen LogP contribution in [-0.2, 0) is 4.79 Å². The SMILES string of the molecule is CCCN1C(=O)/C(=C/c2ccc(C(=O)O)cc2)SC1=Nc1ccccc1. The number of rotatable bonds is 5. The zero-order valence-corrected chi connectivity index (χ0v) is 15.1. The van der Waals surface area contributed by atoms with Gasteiger partial charge in [0.05, 0.1) is 16.2 Å². The Kier molecular flexibility index (Phi) is 5.53. The molecule has 2 aromatic rings. The topological polar surface area (TPSA) is 70.0 Å². The van der Waals surface area contributed by atoms with Crippen LogP contribution in [0.2, 0.25) is 0 Å². The Labute approximate surface area is 156 Å². The minimum Gasteiger partial charge on any atom is -0.478 e. The lowest BCUT2D eigenvalue weighted by Gasteiger charge is -2.13. The molecule has 1 fully saturated rings. The number of benzene rings is 2. The van der Waals surface area contributed by atoms with Gasteiger partial charge in [0.1, 0.15) is 0 Å². The van der Waals surface area contributed by atoms with E-state index in [4.69, 9.17) is 5.11 Å². The van der Waals surface area contributed by atoms with Gasteiger partial charge in [-0.2, -0.15) is 0 Å². The van der Waals surface area contributed by atoms with Crippen LogP contribution in [0.5, 0.6) is 0 Å². The molecule has 1 heterocycles. The first-order valence-corrected chi connectivity index (χ1v) is 9.08. The second-order valence-corrected chi connectivity index (χ2v) is 6.73. The molecule has 132 valence electrons. The molecule has 1 saturated heterocycles. The lowest BCUT2D eigenvalue weighted by atomic mass is 10.1. The first kappa shape index (κ1) is 17.9. The number of amidine groups is 1. The molecule has 2 aromatic carbocycles. The van der Waals surface area contributed by atoms with E-state index in [-0.39, 0.29) is 11.5 Å². The van der Waals surface area contributed by atoms with Gasteiger partial charge in [-0.1, -0.05) is 37.3 Å². The molecule has 0 saturated carbocycles. The largest absolute Gasteiger partial charge is 0.478 e. The number of carboxylic acid groups (broad SMARTS) is 1. The quantitative estimate of drug-likeness (QED) is 0.796. The molecular formula is C20H18N2O3S. The maximum absolute atomic E-state index is 12.7. The zero-order chi connectivity index (χ0) is 18.5. The van der Waals surface area contributed by atoms with E-state index in [0.717, 1.165) is 17.7 Å². The molecule has 5 nitrogen and oxygen atoms in total. The minimum absolute atomic E-state index is 0.0751. The average Bonchev–Trinajstić information content (AvgIpc) is 2.92. The van der Waals surface area contributed by atoms with Crippen molar-refractivity contribution in [2.75, 3.05) is 6.54 Å². The third kappa shape index (κ3) is 4.03. The van der Waals surface area contributed by atoms with Crippen LogP contribution in [0.25, 0.3) is 6.08 Å². The Morgan fingerprint density at radius 1 is 1.15 bits per heavy atom. The molecule has 26 heavy (non-hydrogen) atoms. The summed E-state index contributed by atoms with van der Waals surface area (Å²) < 4.78 is 0. The van der Waals surface area contributed by atoms with E-state index in [2.05, 4.69) is 4.99 Å². The maximum atomic E-state index is 12.7. The lowest BCUT2D eigenvalue weighted by molar-refractivity contribution is -0.122. The Bertz CT molecular complexity index is 874. The number of nitrogens with zero attached hydrogens (tertiary/aromatic N) is 2. The van der Waals surface area contributed by atoms with Crippen LogP contribution in [0.3, 0.4) is 0 Å². The number of amides is 1. The van der Waals surface area contributed by atoms with Crippen molar-refractivity contribution in [3.8, 4) is 0 Å². The van der Waals surface area contributed by atoms with Gasteiger partial charge in [-0.3, -0.25) is 9.69 Å². The van der Waals surface area contributed by atoms with E-state index in [1.165, 1.54) is 23.9 Å². The summed E-state index contributed by atoms with van der Waals surface area (Å²) in [6, 6.07) is 16.0. The van der Waals surface area contributed by atoms with Gasteiger partial charge in [0, 0.05) is 6.54 Å². The number of aromatic carboxylic acids is 1. The van der Waals surface area contributed by atoms with Crippen LogP contribution in [-0.4, -0.2) is 33.6 Å². The van der Waals surface area contributed by atoms with Gasteiger partial charge >= 0.3 is 5.97 Å². The number of carbonyl (C=O) groups excluding carboxylic acids is 1. The second kappa shape index (κ2) is 8.01. The van der Waals surface area contributed by atoms with Gasteiger partial charge in [-0.05, 0) is 54.1 Å². The fraction of sp³-hybridized carbons (Fsp3) is 0.150. The maximum Gasteiger partial charge on any atom is 0.335 e. The molecule has 0 spiro atoms. The monoisotopic (exact) mass is 366 g/mol. The van der Waals surface area contributed by atoms with Gasteiger partial charge in [-0.25, -0.2) is 9.79 Å². The number of para-hydroxylation sites is 1. The van der Waals surface area contributed by atoms with Crippen molar-refractivity contribution in [3.05, 3.63) is 70.6 Å². The number of thioether (sulfide) groups is 1. The Morgan fingerprint density at radius 2 is 1.85 bits per heavy atom. The molecule has 0 atom stereocenters. The molecule has 6 heteroatoms. The van der Waals surface area contributed by atoms with Crippen molar-refractivity contribution in [1.82, 2.24) is 4.90 Å². The molecular weight excluding hydrogens is 348 g/mol.